The number of thioether (sulfide) groups is 1. The normalized spacial score (nSPS) is 15.3. The van der Waals surface area contributed by atoms with E-state index in [0.29, 0.717) is 27.5 Å². The standard InChI is InChI=1S/C18H13ClFNO4S/c1-24-15-6-10(7-16-17(22)21-18(23)26-16)2-5-14(15)25-9-11-3-4-12(20)8-13(11)19/h2-8H,9H2,1H3,(H,21,22,23)/b16-7-. The molecule has 26 heavy (non-hydrogen) atoms. The number of carbonyl (C=O) groups excluding carboxylic acids is 2. The molecule has 3 rings (SSSR count). The van der Waals surface area contributed by atoms with E-state index in [-0.39, 0.29) is 11.6 Å². The second kappa shape index (κ2) is 7.80. The number of benzene rings is 2. The third-order valence-electron chi connectivity index (χ3n) is 3.53. The van der Waals surface area contributed by atoms with E-state index < -0.39 is 17.0 Å². The zero-order chi connectivity index (χ0) is 18.7. The third-order valence-corrected chi connectivity index (χ3v) is 4.69. The third kappa shape index (κ3) is 4.17. The maximum Gasteiger partial charge on any atom is 0.290 e. The van der Waals surface area contributed by atoms with E-state index in [0.717, 1.165) is 11.8 Å². The van der Waals surface area contributed by atoms with Gasteiger partial charge in [0.1, 0.15) is 12.4 Å². The first-order chi connectivity index (χ1) is 12.5. The average Bonchev–Trinajstić information content (AvgIpc) is 2.92. The number of nitrogens with one attached hydrogen (secondary N) is 1. The van der Waals surface area contributed by atoms with Crippen LogP contribution in [0, 0.1) is 5.82 Å². The highest BCUT2D eigenvalue weighted by molar-refractivity contribution is 8.18. The van der Waals surface area contributed by atoms with E-state index >= 15 is 0 Å². The molecule has 0 bridgehead atoms. The highest BCUT2D eigenvalue weighted by Gasteiger charge is 2.25. The minimum atomic E-state index is -0.426. The van der Waals surface area contributed by atoms with Crippen molar-refractivity contribution in [3.63, 3.8) is 0 Å². The number of halogens is 2. The van der Waals surface area contributed by atoms with Gasteiger partial charge in [-0.2, -0.15) is 0 Å². The van der Waals surface area contributed by atoms with Crippen LogP contribution in [0.25, 0.3) is 6.08 Å². The number of imide groups is 1. The van der Waals surface area contributed by atoms with Crippen LogP contribution in [0.2, 0.25) is 5.02 Å². The van der Waals surface area contributed by atoms with Gasteiger partial charge in [0.25, 0.3) is 11.1 Å². The van der Waals surface area contributed by atoms with Crippen molar-refractivity contribution in [2.45, 2.75) is 6.61 Å². The van der Waals surface area contributed by atoms with Gasteiger partial charge in [0.15, 0.2) is 11.5 Å². The Morgan fingerprint density at radius 1 is 1.19 bits per heavy atom. The van der Waals surface area contributed by atoms with E-state index in [4.69, 9.17) is 21.1 Å². The van der Waals surface area contributed by atoms with Gasteiger partial charge in [0.2, 0.25) is 0 Å². The lowest BCUT2D eigenvalue weighted by molar-refractivity contribution is -0.115. The summed E-state index contributed by atoms with van der Waals surface area (Å²) in [7, 11) is 1.49. The van der Waals surface area contributed by atoms with Crippen molar-refractivity contribution in [2.24, 2.45) is 0 Å². The molecule has 2 aromatic carbocycles. The Morgan fingerprint density at radius 3 is 2.65 bits per heavy atom. The summed E-state index contributed by atoms with van der Waals surface area (Å²) in [5.41, 5.74) is 1.32. The fraction of sp³-hybridized carbons (Fsp3) is 0.111. The summed E-state index contributed by atoms with van der Waals surface area (Å²) >= 11 is 6.83. The van der Waals surface area contributed by atoms with Gasteiger partial charge in [0.05, 0.1) is 17.0 Å². The van der Waals surface area contributed by atoms with Crippen LogP contribution >= 0.6 is 23.4 Å². The first-order valence-electron chi connectivity index (χ1n) is 7.46. The Bertz CT molecular complexity index is 916. The fourth-order valence-corrected chi connectivity index (χ4v) is 3.16. The van der Waals surface area contributed by atoms with Crippen LogP contribution in [-0.2, 0) is 11.4 Å². The Kier molecular flexibility index (Phi) is 5.49. The highest BCUT2D eigenvalue weighted by Crippen LogP contribution is 2.32. The lowest BCUT2D eigenvalue weighted by Gasteiger charge is -2.12. The summed E-state index contributed by atoms with van der Waals surface area (Å²) in [5, 5.41) is 2.07. The molecule has 1 saturated heterocycles. The molecule has 0 aromatic heterocycles. The molecule has 0 radical (unpaired) electrons. The number of ether oxygens (including phenoxy) is 2. The van der Waals surface area contributed by atoms with E-state index in [1.807, 2.05) is 0 Å². The van der Waals surface area contributed by atoms with Gasteiger partial charge in [-0.15, -0.1) is 0 Å². The summed E-state index contributed by atoms with van der Waals surface area (Å²) in [6, 6.07) is 9.18. The van der Waals surface area contributed by atoms with E-state index in [2.05, 4.69) is 5.32 Å². The first kappa shape index (κ1) is 18.3. The minimum absolute atomic E-state index is 0.142. The average molecular weight is 394 g/mol. The van der Waals surface area contributed by atoms with Crippen LogP contribution in [0.1, 0.15) is 11.1 Å². The Morgan fingerprint density at radius 2 is 2.00 bits per heavy atom. The van der Waals surface area contributed by atoms with Crippen LogP contribution in [0.4, 0.5) is 9.18 Å². The van der Waals surface area contributed by atoms with Crippen molar-refractivity contribution in [2.75, 3.05) is 7.11 Å². The molecule has 1 N–H and O–H groups in total. The molecule has 5 nitrogen and oxygen atoms in total. The SMILES string of the molecule is COc1cc(/C=C2\SC(=O)NC2=O)ccc1OCc1ccc(F)cc1Cl. The molecule has 1 heterocycles. The van der Waals surface area contributed by atoms with Crippen molar-refractivity contribution in [3.8, 4) is 11.5 Å². The quantitative estimate of drug-likeness (QED) is 0.763. The number of methoxy groups -OCH3 is 1. The van der Waals surface area contributed by atoms with Crippen molar-refractivity contribution in [3.05, 3.63) is 63.3 Å². The molecule has 0 aliphatic carbocycles. The predicted octanol–water partition coefficient (Wildman–Crippen LogP) is 4.39. The van der Waals surface area contributed by atoms with Crippen LogP contribution in [0.15, 0.2) is 41.3 Å². The largest absolute Gasteiger partial charge is 0.493 e. The van der Waals surface area contributed by atoms with E-state index in [9.17, 15) is 14.0 Å². The molecule has 1 aliphatic heterocycles. The molecule has 134 valence electrons. The molecule has 8 heteroatoms. The van der Waals surface area contributed by atoms with Crippen molar-refractivity contribution >= 4 is 40.6 Å². The summed E-state index contributed by atoms with van der Waals surface area (Å²) < 4.78 is 24.1. The monoisotopic (exact) mass is 393 g/mol. The molecule has 2 amide bonds. The summed E-state index contributed by atoms with van der Waals surface area (Å²) in [4.78, 5) is 23.1. The number of rotatable bonds is 5. The van der Waals surface area contributed by atoms with Gasteiger partial charge in [-0.1, -0.05) is 23.7 Å². The topological polar surface area (TPSA) is 64.6 Å². The van der Waals surface area contributed by atoms with E-state index in [1.165, 1.54) is 19.2 Å². The van der Waals surface area contributed by atoms with Gasteiger partial charge in [-0.25, -0.2) is 4.39 Å². The summed E-state index contributed by atoms with van der Waals surface area (Å²) in [6.07, 6.45) is 1.59. The molecule has 0 unspecified atom stereocenters. The molecule has 0 saturated carbocycles. The molecule has 1 fully saturated rings. The van der Waals surface area contributed by atoms with Crippen molar-refractivity contribution in [1.82, 2.24) is 5.32 Å². The Labute approximate surface area is 158 Å². The molecule has 0 spiro atoms. The smallest absolute Gasteiger partial charge is 0.290 e. The molecular formula is C18H13ClFNO4S. The second-order valence-corrected chi connectivity index (χ2v) is 6.71. The molecule has 0 atom stereocenters. The lowest BCUT2D eigenvalue weighted by atomic mass is 10.2. The molecule has 1 aliphatic rings. The van der Waals surface area contributed by atoms with Crippen LogP contribution in [0.5, 0.6) is 11.5 Å². The molecule has 2 aromatic rings. The highest BCUT2D eigenvalue weighted by atomic mass is 35.5. The van der Waals surface area contributed by atoms with Crippen molar-refractivity contribution < 1.29 is 23.5 Å². The van der Waals surface area contributed by atoms with Crippen LogP contribution < -0.4 is 14.8 Å². The summed E-state index contributed by atoms with van der Waals surface area (Å²) in [6.45, 7) is 0.142. The van der Waals surface area contributed by atoms with Crippen LogP contribution in [-0.4, -0.2) is 18.3 Å². The predicted molar refractivity (Wildman–Crippen MR) is 97.8 cm³/mol. The summed E-state index contributed by atoms with van der Waals surface area (Å²) in [5.74, 6) is 0.0771. The van der Waals surface area contributed by atoms with Crippen molar-refractivity contribution in [1.29, 1.82) is 0 Å². The Balaban J connectivity index is 1.77. The zero-order valence-corrected chi connectivity index (χ0v) is 15.1. The zero-order valence-electron chi connectivity index (χ0n) is 13.5. The second-order valence-electron chi connectivity index (χ2n) is 5.29. The fourth-order valence-electron chi connectivity index (χ4n) is 2.26. The van der Waals surface area contributed by atoms with Crippen LogP contribution in [0.3, 0.4) is 0 Å². The minimum Gasteiger partial charge on any atom is -0.493 e. The first-order valence-corrected chi connectivity index (χ1v) is 8.65. The Hall–Kier alpha value is -2.51. The maximum atomic E-state index is 13.1. The van der Waals surface area contributed by atoms with Gasteiger partial charge < -0.3 is 9.47 Å². The maximum absolute atomic E-state index is 13.1. The number of hydrogen-bond donors (Lipinski definition) is 1. The van der Waals surface area contributed by atoms with Gasteiger partial charge in [-0.05, 0) is 47.7 Å². The number of hydrogen-bond acceptors (Lipinski definition) is 5. The number of carbonyl (C=O) groups is 2. The lowest BCUT2D eigenvalue weighted by Crippen LogP contribution is -2.17. The van der Waals surface area contributed by atoms with Gasteiger partial charge in [0, 0.05) is 5.56 Å². The van der Waals surface area contributed by atoms with Gasteiger partial charge >= 0.3 is 0 Å². The van der Waals surface area contributed by atoms with Gasteiger partial charge in [-0.3, -0.25) is 14.9 Å². The van der Waals surface area contributed by atoms with E-state index in [1.54, 1.807) is 30.3 Å². The molecular weight excluding hydrogens is 381 g/mol. The number of amides is 2.